The molecular formula is C118H90F8Ir7N8O7-8. The van der Waals surface area contributed by atoms with E-state index in [0.717, 1.165) is 91.6 Å². The summed E-state index contributed by atoms with van der Waals surface area (Å²) in [7, 11) is 0. The molecule has 0 saturated heterocycles. The van der Waals surface area contributed by atoms with Gasteiger partial charge in [0.1, 0.15) is 0 Å². The summed E-state index contributed by atoms with van der Waals surface area (Å²) in [6.07, 6.45) is 15.1. The van der Waals surface area contributed by atoms with Crippen LogP contribution in [0.15, 0.2) is 419 Å². The molecule has 15 nitrogen and oxygen atoms in total. The Balaban J connectivity index is 0.000000555. The standard InChI is InChI=1S/C19H12N.C17H12N.C12H9FNO.2C11H6F2N.3C11H7FN.3C5H8O2.7Ir/c1-2-8-14(9-3-1)19-17-12-5-4-10-15(17)16-11-6-7-13-18(16)20-19;1-2-7-14(8-3-1)15-9-6-10-16(13-15)17-11-4-5-12-18-17;13-11-3-1-10(2-4-11)12-7-9(8-15)5-6-14-12;2*12-8-4-5-9(10(13)7-8)11-3-1-2-6-14-11;3*12-10-6-4-9(5-7-10)11-3-1-2-8-13-11;3*1-4(6)3-5(2)7;;;;;;;/h1-8,10-13H;1-9,11-13H;1,3-7,15H,8H2;2*1-4,6-7H;3*1-4,6-8H;3*3,6H,1-2H3;;;;;;;/q8*-1;;;;;;;;;;. The van der Waals surface area contributed by atoms with Gasteiger partial charge in [0, 0.05) is 254 Å². The van der Waals surface area contributed by atoms with Gasteiger partial charge in [0.25, 0.3) is 0 Å². The first-order chi connectivity index (χ1) is 68.2. The maximum absolute atomic E-state index is 13.2. The van der Waals surface area contributed by atoms with E-state index in [1.165, 1.54) is 136 Å². The van der Waals surface area contributed by atoms with E-state index in [1.807, 2.05) is 121 Å². The number of rotatable bonds is 13. The van der Waals surface area contributed by atoms with Gasteiger partial charge in [0.15, 0.2) is 17.3 Å². The smallest absolute Gasteiger partial charge is 0.155 e. The number of benzene rings is 11. The number of nitrogens with zero attached hydrogens (tertiary/aromatic N) is 8. The van der Waals surface area contributed by atoms with Gasteiger partial charge in [-0.3, -0.25) is 54.5 Å². The molecule has 0 unspecified atom stereocenters. The van der Waals surface area contributed by atoms with Crippen LogP contribution in [0.4, 0.5) is 35.1 Å². The summed E-state index contributed by atoms with van der Waals surface area (Å²) >= 11 is 0. The van der Waals surface area contributed by atoms with Gasteiger partial charge in [-0.2, -0.15) is 0 Å². The molecule has 8 heterocycles. The Bertz CT molecular complexity index is 6800. The summed E-state index contributed by atoms with van der Waals surface area (Å²) in [6.45, 7) is 8.51. The fourth-order valence-electron chi connectivity index (χ4n) is 12.3. The SMILES string of the molecule is CC(=O)C=C(C)O.CC(=O)C=C(C)O.CC(=O)C=C(C)O.Fc1c[c-]c(-c2ccccn2)c(F)c1.Fc1c[c-]c(-c2ccccn2)c(F)c1.Fc1c[c-]c(-c2ccccn2)cc1.Fc1c[c-]c(-c2ccccn2)cc1.Fc1c[c-]c(-c2ccccn2)cc1.OCc1ccnc(-c2[c-]cc(F)cc2)c1.[Ir].[Ir].[Ir].[Ir].[Ir].[Ir].[Ir].[c-]1ccc(-c2ccccc2)cc1-c1ccccn1.[c-]1ccccc1-c1nc2ccccc2c2ccccc12. The number of ketones is 3. The Morgan fingerprint density at radius 1 is 0.270 bits per heavy atom. The first-order valence-electron chi connectivity index (χ1n) is 43.1. The molecule has 0 saturated carbocycles. The Labute approximate surface area is 949 Å². The molecule has 4 N–H and O–H groups in total. The van der Waals surface area contributed by atoms with Crippen LogP contribution in [-0.4, -0.2) is 77.6 Å². The van der Waals surface area contributed by atoms with Gasteiger partial charge in [-0.25, -0.2) is 0 Å². The molecule has 30 heteroatoms. The predicted octanol–water partition coefficient (Wildman–Crippen LogP) is 28.1. The third kappa shape index (κ3) is 47.3. The van der Waals surface area contributed by atoms with Crippen LogP contribution in [0.2, 0.25) is 0 Å². The molecule has 0 atom stereocenters. The minimum Gasteiger partial charge on any atom is -0.512 e. The van der Waals surface area contributed by atoms with Gasteiger partial charge >= 0.3 is 0 Å². The number of fused-ring (bicyclic) bond motifs is 3. The van der Waals surface area contributed by atoms with Crippen molar-refractivity contribution in [1.82, 2.24) is 39.9 Å². The number of hydrogen-bond acceptors (Lipinski definition) is 15. The van der Waals surface area contributed by atoms with Gasteiger partial charge in [-0.15, -0.1) is 215 Å². The van der Waals surface area contributed by atoms with Crippen molar-refractivity contribution in [3.05, 3.63) is 519 Å². The number of carbonyl (C=O) groups excluding carboxylic acids is 3. The van der Waals surface area contributed by atoms with Crippen LogP contribution in [-0.2, 0) is 162 Å². The van der Waals surface area contributed by atoms with E-state index in [-0.39, 0.29) is 216 Å². The van der Waals surface area contributed by atoms with Crippen molar-refractivity contribution in [3.8, 4) is 101 Å². The summed E-state index contributed by atoms with van der Waals surface area (Å²) in [5.41, 5.74) is 15.7. The van der Waals surface area contributed by atoms with Crippen LogP contribution in [0, 0.1) is 95.1 Å². The fraction of sp³-hybridized carbons (Fsp3) is 0.0593. The van der Waals surface area contributed by atoms with Crippen LogP contribution in [0.3, 0.4) is 0 Å². The van der Waals surface area contributed by atoms with Crippen molar-refractivity contribution in [2.75, 3.05) is 0 Å². The van der Waals surface area contributed by atoms with Gasteiger partial charge in [0.05, 0.1) is 29.4 Å². The fourth-order valence-corrected chi connectivity index (χ4v) is 12.3. The summed E-state index contributed by atoms with van der Waals surface area (Å²) in [5.74, 6) is -3.92. The number of allylic oxidation sites excluding steroid dienone is 6. The molecule has 771 valence electrons. The summed E-state index contributed by atoms with van der Waals surface area (Å²) in [5, 5.41) is 37.7. The second-order valence-corrected chi connectivity index (χ2v) is 29.6. The molecule has 148 heavy (non-hydrogen) atoms. The van der Waals surface area contributed by atoms with Gasteiger partial charge < -0.3 is 55.3 Å². The molecule has 0 aliphatic rings. The predicted molar refractivity (Wildman–Crippen MR) is 535 cm³/mol. The molecule has 0 aliphatic heterocycles. The van der Waals surface area contributed by atoms with E-state index in [9.17, 15) is 49.5 Å². The number of aromatic nitrogens is 8. The Kier molecular flexibility index (Phi) is 63.7. The molecular weight excluding hydrogens is 3140 g/mol. The average Bonchev–Trinajstić information content (AvgIpc) is 0.763. The van der Waals surface area contributed by atoms with Crippen LogP contribution in [0.5, 0.6) is 0 Å². The van der Waals surface area contributed by atoms with Crippen molar-refractivity contribution in [2.24, 2.45) is 0 Å². The molecule has 11 aromatic carbocycles. The molecule has 0 fully saturated rings. The average molecular weight is 3230 g/mol. The topological polar surface area (TPSA) is 235 Å². The van der Waals surface area contributed by atoms with E-state index < -0.39 is 23.3 Å². The quantitative estimate of drug-likeness (QED) is 0.0276. The minimum atomic E-state index is -0.649. The minimum absolute atomic E-state index is 0. The van der Waals surface area contributed by atoms with Crippen molar-refractivity contribution in [1.29, 1.82) is 0 Å². The van der Waals surface area contributed by atoms with Crippen LogP contribution in [0.25, 0.3) is 123 Å². The van der Waals surface area contributed by atoms with Crippen LogP contribution < -0.4 is 0 Å². The second kappa shape index (κ2) is 72.1. The van der Waals surface area contributed by atoms with Crippen LogP contribution in [0.1, 0.15) is 47.1 Å². The molecule has 19 aromatic rings. The Hall–Kier alpha value is -13.3. The van der Waals surface area contributed by atoms with Crippen LogP contribution >= 0.6 is 0 Å². The van der Waals surface area contributed by atoms with E-state index in [4.69, 9.17) is 25.4 Å². The summed E-state index contributed by atoms with van der Waals surface area (Å²) in [4.78, 5) is 63.6. The first-order valence-corrected chi connectivity index (χ1v) is 43.1. The second-order valence-electron chi connectivity index (χ2n) is 29.6. The number of aliphatic hydroxyl groups is 4. The molecule has 0 aliphatic carbocycles. The number of carbonyl (C=O) groups is 3. The van der Waals surface area contributed by atoms with Crippen molar-refractivity contribution < 1.29 is 211 Å². The number of pyridine rings is 8. The summed E-state index contributed by atoms with van der Waals surface area (Å²) < 4.78 is 102. The maximum Gasteiger partial charge on any atom is 0.155 e. The monoisotopic (exact) mass is 3230 g/mol. The summed E-state index contributed by atoms with van der Waals surface area (Å²) in [6, 6.07) is 122. The third-order valence-corrected chi connectivity index (χ3v) is 18.4. The normalized spacial score (nSPS) is 9.93. The molecule has 19 rings (SSSR count). The molecule has 0 spiro atoms. The Morgan fingerprint density at radius 3 is 0.926 bits per heavy atom. The zero-order valence-electron chi connectivity index (χ0n) is 79.3. The van der Waals surface area contributed by atoms with Crippen molar-refractivity contribution >= 4 is 39.0 Å². The molecule has 0 amide bonds. The van der Waals surface area contributed by atoms with Gasteiger partial charge in [-0.05, 0) is 158 Å². The van der Waals surface area contributed by atoms with Gasteiger partial charge in [0.2, 0.25) is 0 Å². The molecule has 0 bridgehead atoms. The molecule has 8 aromatic heterocycles. The number of hydrogen-bond donors (Lipinski definition) is 4. The van der Waals surface area contributed by atoms with Gasteiger partial charge in [-0.1, -0.05) is 175 Å². The third-order valence-electron chi connectivity index (χ3n) is 18.4. The Morgan fingerprint density at radius 2 is 0.595 bits per heavy atom. The number of halogens is 8. The molecule has 7 radical (unpaired) electrons. The van der Waals surface area contributed by atoms with E-state index in [0.29, 0.717) is 22.6 Å². The number of aliphatic hydroxyl groups excluding tert-OH is 4. The van der Waals surface area contributed by atoms with Crippen molar-refractivity contribution in [2.45, 2.75) is 48.1 Å². The van der Waals surface area contributed by atoms with E-state index in [1.54, 1.807) is 116 Å². The largest absolute Gasteiger partial charge is 0.512 e. The van der Waals surface area contributed by atoms with E-state index in [2.05, 4.69) is 156 Å². The van der Waals surface area contributed by atoms with Crippen molar-refractivity contribution in [3.63, 3.8) is 0 Å². The zero-order chi connectivity index (χ0) is 101. The zero-order valence-corrected chi connectivity index (χ0v) is 96.0. The van der Waals surface area contributed by atoms with E-state index >= 15 is 0 Å². The first kappa shape index (κ1) is 131. The number of para-hydroxylation sites is 1. The maximum atomic E-state index is 13.2.